The molecule has 0 atom stereocenters. The predicted octanol–water partition coefficient (Wildman–Crippen LogP) is 1.66. The maximum Gasteiger partial charge on any atom is 0.313 e. The second-order valence-electron chi connectivity index (χ2n) is 3.63. The Hall–Kier alpha value is -1.76. The smallest absolute Gasteiger partial charge is 0.313 e. The first-order valence-electron chi connectivity index (χ1n) is 5.49. The van der Waals surface area contributed by atoms with E-state index in [-0.39, 0.29) is 5.75 Å². The molecule has 0 spiro atoms. The zero-order valence-corrected chi connectivity index (χ0v) is 10.7. The summed E-state index contributed by atoms with van der Waals surface area (Å²) in [5.74, 6) is -0.136. The standard InChI is InChI=1S/C11H13N3O3S/c1-2-8-5-12-11(18-7-10(15)16)14(8)6-9-3-4-13-17-9/h3-5H,2,6-7H2,1H3,(H,15,16). The largest absolute Gasteiger partial charge is 0.481 e. The first kappa shape index (κ1) is 12.7. The zero-order chi connectivity index (χ0) is 13.0. The van der Waals surface area contributed by atoms with Crippen molar-refractivity contribution >= 4 is 17.7 Å². The average molecular weight is 267 g/mol. The van der Waals surface area contributed by atoms with Crippen molar-refractivity contribution in [3.05, 3.63) is 29.9 Å². The van der Waals surface area contributed by atoms with Crippen LogP contribution >= 0.6 is 11.8 Å². The Kier molecular flexibility index (Phi) is 4.03. The molecule has 0 unspecified atom stereocenters. The number of carboxylic acids is 1. The monoisotopic (exact) mass is 267 g/mol. The van der Waals surface area contributed by atoms with Gasteiger partial charge < -0.3 is 14.2 Å². The van der Waals surface area contributed by atoms with Gasteiger partial charge >= 0.3 is 5.97 Å². The van der Waals surface area contributed by atoms with Crippen LogP contribution < -0.4 is 0 Å². The van der Waals surface area contributed by atoms with Crippen LogP contribution in [0, 0.1) is 0 Å². The molecule has 0 saturated heterocycles. The lowest BCUT2D eigenvalue weighted by atomic mass is 10.3. The van der Waals surface area contributed by atoms with E-state index in [1.165, 1.54) is 11.8 Å². The zero-order valence-electron chi connectivity index (χ0n) is 9.87. The van der Waals surface area contributed by atoms with Crippen LogP contribution in [0.2, 0.25) is 0 Å². The maximum absolute atomic E-state index is 10.6. The van der Waals surface area contributed by atoms with E-state index in [1.54, 1.807) is 18.5 Å². The molecule has 0 aliphatic heterocycles. The molecule has 6 nitrogen and oxygen atoms in total. The molecule has 2 heterocycles. The summed E-state index contributed by atoms with van der Waals surface area (Å²) in [6.45, 7) is 2.55. The third-order valence-corrected chi connectivity index (χ3v) is 3.37. The maximum atomic E-state index is 10.6. The number of hydrogen-bond acceptors (Lipinski definition) is 5. The highest BCUT2D eigenvalue weighted by atomic mass is 32.2. The predicted molar refractivity (Wildman–Crippen MR) is 65.6 cm³/mol. The van der Waals surface area contributed by atoms with Crippen molar-refractivity contribution in [2.45, 2.75) is 25.0 Å². The van der Waals surface area contributed by atoms with Crippen molar-refractivity contribution in [3.8, 4) is 0 Å². The van der Waals surface area contributed by atoms with Crippen molar-refractivity contribution in [2.75, 3.05) is 5.75 Å². The first-order valence-corrected chi connectivity index (χ1v) is 6.47. The Bertz CT molecular complexity index is 522. The van der Waals surface area contributed by atoms with E-state index < -0.39 is 5.97 Å². The third-order valence-electron chi connectivity index (χ3n) is 2.39. The highest BCUT2D eigenvalue weighted by Gasteiger charge is 2.12. The fourth-order valence-corrected chi connectivity index (χ4v) is 2.28. The molecular formula is C11H13N3O3S. The molecule has 7 heteroatoms. The lowest BCUT2D eigenvalue weighted by molar-refractivity contribution is -0.133. The second-order valence-corrected chi connectivity index (χ2v) is 4.58. The van der Waals surface area contributed by atoms with Crippen molar-refractivity contribution < 1.29 is 14.4 Å². The average Bonchev–Trinajstić information content (AvgIpc) is 2.97. The van der Waals surface area contributed by atoms with Crippen molar-refractivity contribution in [1.82, 2.24) is 14.7 Å². The van der Waals surface area contributed by atoms with Gasteiger partial charge in [-0.15, -0.1) is 0 Å². The normalized spacial score (nSPS) is 10.7. The van der Waals surface area contributed by atoms with Gasteiger partial charge in [0.25, 0.3) is 0 Å². The number of aromatic nitrogens is 3. The molecule has 1 N–H and O–H groups in total. The number of carbonyl (C=O) groups is 1. The molecule has 2 rings (SSSR count). The van der Waals surface area contributed by atoms with Crippen molar-refractivity contribution in [1.29, 1.82) is 0 Å². The fourth-order valence-electron chi connectivity index (χ4n) is 1.56. The summed E-state index contributed by atoms with van der Waals surface area (Å²) in [6, 6.07) is 1.78. The third kappa shape index (κ3) is 2.92. The molecule has 0 fully saturated rings. The number of aliphatic carboxylic acids is 1. The summed E-state index contributed by atoms with van der Waals surface area (Å²) in [4.78, 5) is 14.8. The quantitative estimate of drug-likeness (QED) is 0.802. The molecule has 0 aliphatic carbocycles. The molecule has 2 aromatic rings. The van der Waals surface area contributed by atoms with Crippen LogP contribution in [0.3, 0.4) is 0 Å². The summed E-state index contributed by atoms with van der Waals surface area (Å²) >= 11 is 1.20. The molecule has 0 amide bonds. The van der Waals surface area contributed by atoms with E-state index in [2.05, 4.69) is 10.1 Å². The van der Waals surface area contributed by atoms with Gasteiger partial charge in [-0.25, -0.2) is 4.98 Å². The molecule has 0 aromatic carbocycles. The summed E-state index contributed by atoms with van der Waals surface area (Å²) < 4.78 is 7.02. The van der Waals surface area contributed by atoms with E-state index >= 15 is 0 Å². The Balaban J connectivity index is 2.19. The number of carboxylic acid groups (broad SMARTS) is 1. The van der Waals surface area contributed by atoms with Crippen LogP contribution in [0.25, 0.3) is 0 Å². The molecule has 96 valence electrons. The molecular weight excluding hydrogens is 254 g/mol. The van der Waals surface area contributed by atoms with Gasteiger partial charge in [-0.3, -0.25) is 4.79 Å². The summed E-state index contributed by atoms with van der Waals surface area (Å²) in [5, 5.41) is 13.0. The van der Waals surface area contributed by atoms with Gasteiger partial charge in [0.05, 0.1) is 18.5 Å². The minimum absolute atomic E-state index is 0.00340. The van der Waals surface area contributed by atoms with Gasteiger partial charge in [0.1, 0.15) is 0 Å². The number of hydrogen-bond donors (Lipinski definition) is 1. The van der Waals surface area contributed by atoms with Crippen LogP contribution in [0.4, 0.5) is 0 Å². The van der Waals surface area contributed by atoms with Gasteiger partial charge in [0.2, 0.25) is 0 Å². The molecule has 0 saturated carbocycles. The van der Waals surface area contributed by atoms with E-state index in [0.717, 1.165) is 17.9 Å². The van der Waals surface area contributed by atoms with Crippen LogP contribution in [0.1, 0.15) is 18.4 Å². The van der Waals surface area contributed by atoms with E-state index in [0.29, 0.717) is 11.7 Å². The van der Waals surface area contributed by atoms with Crippen LogP contribution in [-0.4, -0.2) is 31.5 Å². The molecule has 2 aromatic heterocycles. The molecule has 0 radical (unpaired) electrons. The summed E-state index contributed by atoms with van der Waals surface area (Å²) in [7, 11) is 0. The van der Waals surface area contributed by atoms with Crippen LogP contribution in [-0.2, 0) is 17.8 Å². The second kappa shape index (κ2) is 5.72. The van der Waals surface area contributed by atoms with E-state index in [4.69, 9.17) is 9.63 Å². The summed E-state index contributed by atoms with van der Waals surface area (Å²) in [5.41, 5.74) is 1.04. The van der Waals surface area contributed by atoms with E-state index in [9.17, 15) is 4.79 Å². The number of nitrogens with zero attached hydrogens (tertiary/aromatic N) is 3. The van der Waals surface area contributed by atoms with Gasteiger partial charge in [0, 0.05) is 18.0 Å². The first-order chi connectivity index (χ1) is 8.70. The van der Waals surface area contributed by atoms with Crippen molar-refractivity contribution in [3.63, 3.8) is 0 Å². The highest BCUT2D eigenvalue weighted by molar-refractivity contribution is 7.99. The number of rotatable bonds is 6. The Morgan fingerprint density at radius 3 is 3.06 bits per heavy atom. The Morgan fingerprint density at radius 2 is 2.44 bits per heavy atom. The fraction of sp³-hybridized carbons (Fsp3) is 0.364. The van der Waals surface area contributed by atoms with Gasteiger partial charge in [-0.2, -0.15) is 0 Å². The Labute approximate surface area is 108 Å². The Morgan fingerprint density at radius 1 is 1.61 bits per heavy atom. The lowest BCUT2D eigenvalue weighted by Gasteiger charge is -2.07. The van der Waals surface area contributed by atoms with Crippen LogP contribution in [0.5, 0.6) is 0 Å². The van der Waals surface area contributed by atoms with E-state index in [1.807, 2.05) is 11.5 Å². The highest BCUT2D eigenvalue weighted by Crippen LogP contribution is 2.20. The molecule has 18 heavy (non-hydrogen) atoms. The van der Waals surface area contributed by atoms with Crippen LogP contribution in [0.15, 0.2) is 28.1 Å². The molecule has 0 aliphatic rings. The lowest BCUT2D eigenvalue weighted by Crippen LogP contribution is -2.06. The topological polar surface area (TPSA) is 81.1 Å². The minimum Gasteiger partial charge on any atom is -0.481 e. The van der Waals surface area contributed by atoms with Gasteiger partial charge in [-0.1, -0.05) is 23.8 Å². The molecule has 0 bridgehead atoms. The SMILES string of the molecule is CCc1cnc(SCC(=O)O)n1Cc1ccno1. The summed E-state index contributed by atoms with van der Waals surface area (Å²) in [6.07, 6.45) is 4.18. The minimum atomic E-state index is -0.854. The number of imidazole rings is 1. The van der Waals surface area contributed by atoms with Gasteiger partial charge in [-0.05, 0) is 6.42 Å². The van der Waals surface area contributed by atoms with Crippen molar-refractivity contribution in [2.24, 2.45) is 0 Å². The van der Waals surface area contributed by atoms with Gasteiger partial charge in [0.15, 0.2) is 10.9 Å². The number of aryl methyl sites for hydroxylation is 1. The number of thioether (sulfide) groups is 1.